The molecule has 0 aromatic heterocycles. The highest BCUT2D eigenvalue weighted by atomic mass is 32.2. The Hall–Kier alpha value is -2.44. The fourth-order valence-corrected chi connectivity index (χ4v) is 5.56. The third kappa shape index (κ3) is 4.32. The first kappa shape index (κ1) is 21.8. The van der Waals surface area contributed by atoms with Crippen molar-refractivity contribution in [1.29, 1.82) is 0 Å². The van der Waals surface area contributed by atoms with Gasteiger partial charge >= 0.3 is 0 Å². The van der Waals surface area contributed by atoms with E-state index >= 15 is 0 Å². The van der Waals surface area contributed by atoms with E-state index in [4.69, 9.17) is 0 Å². The lowest BCUT2D eigenvalue weighted by molar-refractivity contribution is 0.0827. The summed E-state index contributed by atoms with van der Waals surface area (Å²) in [6.45, 7) is 8.76. The fraction of sp³-hybridized carbons (Fsp3) is 0.400. The molecule has 2 aromatic rings. The highest BCUT2D eigenvalue weighted by molar-refractivity contribution is 8.00. The van der Waals surface area contributed by atoms with Crippen LogP contribution in [0, 0.1) is 0 Å². The largest absolute Gasteiger partial charge is 0.345 e. The van der Waals surface area contributed by atoms with Gasteiger partial charge in [-0.1, -0.05) is 49.9 Å². The van der Waals surface area contributed by atoms with Crippen molar-refractivity contribution < 1.29 is 4.79 Å². The number of fused-ring (bicyclic) bond motifs is 3. The first-order chi connectivity index (χ1) is 15.0. The second kappa shape index (κ2) is 9.37. The van der Waals surface area contributed by atoms with Gasteiger partial charge in [0.25, 0.3) is 5.91 Å². The number of anilines is 1. The van der Waals surface area contributed by atoms with Crippen LogP contribution in [0.15, 0.2) is 59.6 Å². The van der Waals surface area contributed by atoms with E-state index in [1.54, 1.807) is 19.0 Å². The third-order valence-electron chi connectivity index (χ3n) is 6.05. The molecule has 0 aliphatic carbocycles. The van der Waals surface area contributed by atoms with Crippen molar-refractivity contribution in [3.8, 4) is 0 Å². The lowest BCUT2D eigenvalue weighted by atomic mass is 10.1. The van der Waals surface area contributed by atoms with E-state index in [9.17, 15) is 4.79 Å². The standard InChI is InChI=1S/C25H32N4OS/c1-5-27(6-2)16-9-17-28-22(19-12-14-20(15-13-19)24(30)26(3)4)18-29-21-10-7-8-11-23(21)31-25(28)29/h7-8,10-15,18,25H,5-6,9,16-17H2,1-4H3. The number of nitrogens with zero attached hydrogens (tertiary/aromatic N) is 4. The van der Waals surface area contributed by atoms with Crippen LogP contribution in [0.5, 0.6) is 0 Å². The van der Waals surface area contributed by atoms with Gasteiger partial charge in [0.05, 0.1) is 11.4 Å². The molecule has 0 spiro atoms. The number of amides is 1. The zero-order chi connectivity index (χ0) is 22.0. The van der Waals surface area contributed by atoms with Crippen LogP contribution < -0.4 is 4.90 Å². The molecule has 0 saturated carbocycles. The van der Waals surface area contributed by atoms with Gasteiger partial charge in [-0.25, -0.2) is 0 Å². The first-order valence-electron chi connectivity index (χ1n) is 11.1. The molecular weight excluding hydrogens is 404 g/mol. The Bertz CT molecular complexity index is 952. The minimum Gasteiger partial charge on any atom is -0.345 e. The Morgan fingerprint density at radius 1 is 1.03 bits per heavy atom. The molecule has 0 radical (unpaired) electrons. The molecule has 1 atom stereocenters. The smallest absolute Gasteiger partial charge is 0.253 e. The predicted octanol–water partition coefficient (Wildman–Crippen LogP) is 4.63. The molecule has 0 fully saturated rings. The summed E-state index contributed by atoms with van der Waals surface area (Å²) in [4.78, 5) is 22.6. The van der Waals surface area contributed by atoms with E-state index in [0.717, 1.165) is 43.7 Å². The monoisotopic (exact) mass is 436 g/mol. The van der Waals surface area contributed by atoms with Gasteiger partial charge in [-0.15, -0.1) is 0 Å². The molecule has 2 aromatic carbocycles. The van der Waals surface area contributed by atoms with Gasteiger partial charge < -0.3 is 19.6 Å². The molecule has 1 amide bonds. The summed E-state index contributed by atoms with van der Waals surface area (Å²) in [6.07, 6.45) is 3.40. The third-order valence-corrected chi connectivity index (χ3v) is 7.34. The number of hydrogen-bond acceptors (Lipinski definition) is 5. The lowest BCUT2D eigenvalue weighted by Gasteiger charge is -2.30. The second-order valence-corrected chi connectivity index (χ2v) is 9.28. The first-order valence-corrected chi connectivity index (χ1v) is 12.0. The van der Waals surface area contributed by atoms with Gasteiger partial charge in [0.2, 0.25) is 0 Å². The predicted molar refractivity (Wildman–Crippen MR) is 130 cm³/mol. The van der Waals surface area contributed by atoms with Crippen LogP contribution in [0.1, 0.15) is 36.2 Å². The number of thioether (sulfide) groups is 1. The van der Waals surface area contributed by atoms with Crippen molar-refractivity contribution >= 4 is 29.1 Å². The maximum atomic E-state index is 12.3. The quantitative estimate of drug-likeness (QED) is 0.602. The van der Waals surface area contributed by atoms with Crippen LogP contribution in [-0.2, 0) is 0 Å². The van der Waals surface area contributed by atoms with Crippen LogP contribution in [0.25, 0.3) is 5.70 Å². The zero-order valence-corrected chi connectivity index (χ0v) is 19.7. The van der Waals surface area contributed by atoms with E-state index < -0.39 is 0 Å². The molecule has 0 bridgehead atoms. The van der Waals surface area contributed by atoms with Gasteiger partial charge in [0, 0.05) is 37.3 Å². The van der Waals surface area contributed by atoms with Crippen molar-refractivity contribution in [2.24, 2.45) is 0 Å². The number of benzene rings is 2. The summed E-state index contributed by atoms with van der Waals surface area (Å²) >= 11 is 1.92. The van der Waals surface area contributed by atoms with Crippen LogP contribution in [-0.4, -0.2) is 66.4 Å². The number of carbonyl (C=O) groups excluding carboxylic acids is 1. The van der Waals surface area contributed by atoms with Crippen molar-refractivity contribution in [2.45, 2.75) is 30.7 Å². The van der Waals surface area contributed by atoms with Gasteiger partial charge in [-0.2, -0.15) is 0 Å². The van der Waals surface area contributed by atoms with E-state index in [1.165, 1.54) is 16.3 Å². The van der Waals surface area contributed by atoms with Gasteiger partial charge in [0.1, 0.15) is 0 Å². The van der Waals surface area contributed by atoms with E-state index in [1.807, 2.05) is 23.9 Å². The normalized spacial score (nSPS) is 17.1. The summed E-state index contributed by atoms with van der Waals surface area (Å²) in [5, 5.41) is 0. The van der Waals surface area contributed by atoms with Gasteiger partial charge in [0.15, 0.2) is 5.50 Å². The minimum absolute atomic E-state index is 0.0353. The summed E-state index contributed by atoms with van der Waals surface area (Å²) < 4.78 is 0. The number of carbonyl (C=O) groups is 1. The molecule has 1 unspecified atom stereocenters. The van der Waals surface area contributed by atoms with Crippen molar-refractivity contribution in [2.75, 3.05) is 45.2 Å². The minimum atomic E-state index is 0.0353. The summed E-state index contributed by atoms with van der Waals surface area (Å²) in [6, 6.07) is 16.7. The molecule has 2 aliphatic rings. The van der Waals surface area contributed by atoms with Crippen LogP contribution in [0.4, 0.5) is 5.69 Å². The van der Waals surface area contributed by atoms with Gasteiger partial charge in [-0.05, 0) is 55.9 Å². The molecule has 5 nitrogen and oxygen atoms in total. The maximum absolute atomic E-state index is 12.3. The average Bonchev–Trinajstić information content (AvgIpc) is 3.33. The number of hydrogen-bond donors (Lipinski definition) is 0. The topological polar surface area (TPSA) is 30.0 Å². The molecule has 0 N–H and O–H groups in total. The van der Waals surface area contributed by atoms with Gasteiger partial charge in [-0.3, -0.25) is 4.79 Å². The molecule has 31 heavy (non-hydrogen) atoms. The molecule has 4 rings (SSSR count). The highest BCUT2D eigenvalue weighted by Crippen LogP contribution is 2.50. The van der Waals surface area contributed by atoms with E-state index in [2.05, 4.69) is 71.1 Å². The van der Waals surface area contributed by atoms with Crippen molar-refractivity contribution in [3.05, 3.63) is 65.9 Å². The van der Waals surface area contributed by atoms with E-state index in [-0.39, 0.29) is 11.4 Å². The fourth-order valence-electron chi connectivity index (χ4n) is 4.25. The van der Waals surface area contributed by atoms with Crippen molar-refractivity contribution in [1.82, 2.24) is 14.7 Å². The molecule has 164 valence electrons. The Morgan fingerprint density at radius 3 is 2.42 bits per heavy atom. The van der Waals surface area contributed by atoms with Crippen LogP contribution in [0.2, 0.25) is 0 Å². The maximum Gasteiger partial charge on any atom is 0.253 e. The average molecular weight is 437 g/mol. The number of para-hydroxylation sites is 1. The molecular formula is C25H32N4OS. The summed E-state index contributed by atoms with van der Waals surface area (Å²) in [5.41, 5.74) is 4.65. The molecule has 2 heterocycles. The highest BCUT2D eigenvalue weighted by Gasteiger charge is 2.39. The van der Waals surface area contributed by atoms with E-state index in [0.29, 0.717) is 0 Å². The second-order valence-electron chi connectivity index (χ2n) is 8.18. The molecule has 0 saturated heterocycles. The molecule has 2 aliphatic heterocycles. The summed E-state index contributed by atoms with van der Waals surface area (Å²) in [5.74, 6) is 0.0353. The summed E-state index contributed by atoms with van der Waals surface area (Å²) in [7, 11) is 3.58. The Morgan fingerprint density at radius 2 is 1.74 bits per heavy atom. The van der Waals surface area contributed by atoms with Crippen LogP contribution >= 0.6 is 11.8 Å². The van der Waals surface area contributed by atoms with Crippen molar-refractivity contribution in [3.63, 3.8) is 0 Å². The molecule has 6 heteroatoms. The Labute approximate surface area is 190 Å². The lowest BCUT2D eigenvalue weighted by Crippen LogP contribution is -2.36. The Balaban J connectivity index is 1.59. The number of rotatable bonds is 8. The Kier molecular flexibility index (Phi) is 6.58. The SMILES string of the molecule is CCN(CC)CCCN1C(c2ccc(C(=O)N(C)C)cc2)=CN2c3ccccc3SC12. The van der Waals surface area contributed by atoms with Crippen LogP contribution in [0.3, 0.4) is 0 Å². The zero-order valence-electron chi connectivity index (χ0n) is 18.9.